The number of aromatic nitrogens is 3. The van der Waals surface area contributed by atoms with Gasteiger partial charge in [-0.2, -0.15) is 5.10 Å². The van der Waals surface area contributed by atoms with Gasteiger partial charge < -0.3 is 9.64 Å². The highest BCUT2D eigenvalue weighted by Gasteiger charge is 2.13. The number of hydrogen-bond acceptors (Lipinski definition) is 4. The monoisotopic (exact) mass is 348 g/mol. The highest BCUT2D eigenvalue weighted by Crippen LogP contribution is 2.33. The molecule has 0 bridgehead atoms. The van der Waals surface area contributed by atoms with Crippen LogP contribution in [-0.2, 0) is 11.3 Å². The van der Waals surface area contributed by atoms with Gasteiger partial charge in [0.05, 0.1) is 21.6 Å². The fourth-order valence-corrected chi connectivity index (χ4v) is 2.08. The van der Waals surface area contributed by atoms with Gasteiger partial charge in [0.1, 0.15) is 17.9 Å². The number of halogens is 3. The van der Waals surface area contributed by atoms with Crippen LogP contribution >= 0.6 is 34.8 Å². The van der Waals surface area contributed by atoms with Crippen LogP contribution < -0.4 is 4.74 Å². The van der Waals surface area contributed by atoms with E-state index in [4.69, 9.17) is 39.5 Å². The van der Waals surface area contributed by atoms with E-state index >= 15 is 0 Å². The Hall–Kier alpha value is -1.50. The highest BCUT2D eigenvalue weighted by molar-refractivity contribution is 6.43. The number of likely N-dealkylation sites (N-methyl/N-ethyl adjacent to an activating group) is 1. The maximum atomic E-state index is 11.9. The molecule has 0 fully saturated rings. The van der Waals surface area contributed by atoms with Crippen LogP contribution in [0, 0.1) is 0 Å². The van der Waals surface area contributed by atoms with E-state index < -0.39 is 0 Å². The SMILES string of the molecule is CN(Cc1ncn[nH]1)C(=O)COc1cc(Cl)c(Cl)cc1Cl. The van der Waals surface area contributed by atoms with E-state index in [2.05, 4.69) is 15.2 Å². The lowest BCUT2D eigenvalue weighted by Crippen LogP contribution is -2.31. The maximum absolute atomic E-state index is 11.9. The summed E-state index contributed by atoms with van der Waals surface area (Å²) in [6, 6.07) is 2.93. The summed E-state index contributed by atoms with van der Waals surface area (Å²) in [6.45, 7) is 0.125. The largest absolute Gasteiger partial charge is 0.482 e. The molecule has 0 saturated carbocycles. The van der Waals surface area contributed by atoms with Gasteiger partial charge in [0, 0.05) is 13.1 Å². The Balaban J connectivity index is 1.93. The van der Waals surface area contributed by atoms with Gasteiger partial charge in [0.25, 0.3) is 5.91 Å². The van der Waals surface area contributed by atoms with Crippen molar-refractivity contribution in [3.8, 4) is 5.75 Å². The molecule has 0 aliphatic rings. The molecule has 21 heavy (non-hydrogen) atoms. The molecule has 1 N–H and O–H groups in total. The van der Waals surface area contributed by atoms with Gasteiger partial charge in [-0.25, -0.2) is 4.98 Å². The fourth-order valence-electron chi connectivity index (χ4n) is 1.48. The average molecular weight is 350 g/mol. The first-order valence-electron chi connectivity index (χ1n) is 5.83. The predicted molar refractivity (Wildman–Crippen MR) is 79.8 cm³/mol. The molecular weight excluding hydrogens is 339 g/mol. The summed E-state index contributed by atoms with van der Waals surface area (Å²) in [5.41, 5.74) is 0. The van der Waals surface area contributed by atoms with Crippen molar-refractivity contribution in [2.24, 2.45) is 0 Å². The van der Waals surface area contributed by atoms with E-state index in [0.29, 0.717) is 28.2 Å². The third kappa shape index (κ3) is 4.23. The minimum Gasteiger partial charge on any atom is -0.482 e. The summed E-state index contributed by atoms with van der Waals surface area (Å²) in [7, 11) is 1.63. The van der Waals surface area contributed by atoms with Gasteiger partial charge in [0.15, 0.2) is 6.61 Å². The number of ether oxygens (including phenoxy) is 1. The number of hydrogen-bond donors (Lipinski definition) is 1. The van der Waals surface area contributed by atoms with Crippen molar-refractivity contribution in [2.75, 3.05) is 13.7 Å². The van der Waals surface area contributed by atoms with E-state index in [1.807, 2.05) is 0 Å². The third-order valence-corrected chi connectivity index (χ3v) is 3.62. The number of H-pyrrole nitrogens is 1. The maximum Gasteiger partial charge on any atom is 0.260 e. The smallest absolute Gasteiger partial charge is 0.260 e. The molecule has 0 aliphatic heterocycles. The van der Waals surface area contributed by atoms with Gasteiger partial charge in [0.2, 0.25) is 0 Å². The standard InChI is InChI=1S/C12H11Cl3N4O2/c1-19(4-11-16-6-17-18-11)12(20)5-21-10-3-8(14)7(13)2-9(10)15/h2-3,6H,4-5H2,1H3,(H,16,17,18). The molecule has 6 nitrogen and oxygen atoms in total. The van der Waals surface area contributed by atoms with Gasteiger partial charge in [-0.1, -0.05) is 34.8 Å². The molecule has 1 heterocycles. The number of rotatable bonds is 5. The zero-order valence-corrected chi connectivity index (χ0v) is 13.2. The molecule has 9 heteroatoms. The number of nitrogens with one attached hydrogen (secondary N) is 1. The van der Waals surface area contributed by atoms with E-state index in [-0.39, 0.29) is 17.5 Å². The van der Waals surface area contributed by atoms with Crippen molar-refractivity contribution in [1.29, 1.82) is 0 Å². The normalized spacial score (nSPS) is 10.5. The number of carbonyl (C=O) groups excluding carboxylic acids is 1. The first kappa shape index (κ1) is 15.9. The minimum absolute atomic E-state index is 0.178. The Morgan fingerprint density at radius 3 is 2.67 bits per heavy atom. The lowest BCUT2D eigenvalue weighted by molar-refractivity contribution is -0.132. The molecule has 0 saturated heterocycles. The van der Waals surface area contributed by atoms with E-state index in [1.54, 1.807) is 7.05 Å². The Kier molecular flexibility index (Phi) is 5.27. The van der Waals surface area contributed by atoms with Gasteiger partial charge in [-0.3, -0.25) is 9.89 Å². The van der Waals surface area contributed by atoms with Gasteiger partial charge >= 0.3 is 0 Å². The molecule has 0 radical (unpaired) electrons. The zero-order valence-electron chi connectivity index (χ0n) is 10.9. The Bertz CT molecular complexity index is 634. The molecule has 0 aliphatic carbocycles. The number of carbonyl (C=O) groups is 1. The van der Waals surface area contributed by atoms with Crippen LogP contribution in [0.4, 0.5) is 0 Å². The summed E-state index contributed by atoms with van der Waals surface area (Å²) in [5, 5.41) is 7.29. The van der Waals surface area contributed by atoms with E-state index in [1.165, 1.54) is 23.4 Å². The molecule has 2 rings (SSSR count). The summed E-state index contributed by atoms with van der Waals surface area (Å²) >= 11 is 17.7. The molecule has 1 aromatic heterocycles. The van der Waals surface area contributed by atoms with Crippen molar-refractivity contribution < 1.29 is 9.53 Å². The number of nitrogens with zero attached hydrogens (tertiary/aromatic N) is 3. The molecule has 0 spiro atoms. The first-order valence-corrected chi connectivity index (χ1v) is 6.96. The lowest BCUT2D eigenvalue weighted by Gasteiger charge is -2.16. The van der Waals surface area contributed by atoms with Crippen molar-refractivity contribution in [2.45, 2.75) is 6.54 Å². The molecule has 1 aromatic carbocycles. The quantitative estimate of drug-likeness (QED) is 0.843. The van der Waals surface area contributed by atoms with E-state index in [0.717, 1.165) is 0 Å². The van der Waals surface area contributed by atoms with Crippen LogP contribution in [0.25, 0.3) is 0 Å². The molecule has 1 amide bonds. The molecule has 112 valence electrons. The van der Waals surface area contributed by atoms with Crippen LogP contribution in [-0.4, -0.2) is 39.6 Å². The summed E-state index contributed by atoms with van der Waals surface area (Å²) in [5.74, 6) is 0.638. The van der Waals surface area contributed by atoms with Crippen LogP contribution in [0.3, 0.4) is 0 Å². The van der Waals surface area contributed by atoms with Crippen LogP contribution in [0.2, 0.25) is 15.1 Å². The Morgan fingerprint density at radius 2 is 2.00 bits per heavy atom. The van der Waals surface area contributed by atoms with Gasteiger partial charge in [-0.15, -0.1) is 0 Å². The van der Waals surface area contributed by atoms with Crippen LogP contribution in [0.15, 0.2) is 18.5 Å². The summed E-state index contributed by atoms with van der Waals surface area (Å²) < 4.78 is 5.36. The number of aromatic amines is 1. The zero-order chi connectivity index (χ0) is 15.4. The van der Waals surface area contributed by atoms with Gasteiger partial charge in [-0.05, 0) is 6.07 Å². The Morgan fingerprint density at radius 1 is 1.29 bits per heavy atom. The minimum atomic E-state index is -0.242. The Labute approximate surface area is 136 Å². The van der Waals surface area contributed by atoms with Crippen molar-refractivity contribution in [3.63, 3.8) is 0 Å². The summed E-state index contributed by atoms with van der Waals surface area (Å²) in [4.78, 5) is 17.3. The number of benzene rings is 1. The van der Waals surface area contributed by atoms with Crippen molar-refractivity contribution in [1.82, 2.24) is 20.1 Å². The summed E-state index contributed by atoms with van der Waals surface area (Å²) in [6.07, 6.45) is 1.37. The predicted octanol–water partition coefficient (Wildman–Crippen LogP) is 2.80. The average Bonchev–Trinajstić information content (AvgIpc) is 2.93. The molecule has 0 unspecified atom stereocenters. The van der Waals surface area contributed by atoms with Crippen LogP contribution in [0.1, 0.15) is 5.82 Å². The fraction of sp³-hybridized carbons (Fsp3) is 0.250. The lowest BCUT2D eigenvalue weighted by atomic mass is 10.3. The van der Waals surface area contributed by atoms with Crippen LogP contribution in [0.5, 0.6) is 5.75 Å². The highest BCUT2D eigenvalue weighted by atomic mass is 35.5. The molecular formula is C12H11Cl3N4O2. The third-order valence-electron chi connectivity index (χ3n) is 2.60. The van der Waals surface area contributed by atoms with Crippen molar-refractivity contribution >= 4 is 40.7 Å². The molecule has 2 aromatic rings. The second-order valence-corrected chi connectivity index (χ2v) is 5.39. The topological polar surface area (TPSA) is 71.1 Å². The number of amides is 1. The first-order chi connectivity index (χ1) is 9.97. The van der Waals surface area contributed by atoms with E-state index in [9.17, 15) is 4.79 Å². The second-order valence-electron chi connectivity index (χ2n) is 4.17. The second kappa shape index (κ2) is 6.98. The van der Waals surface area contributed by atoms with Crippen molar-refractivity contribution in [3.05, 3.63) is 39.4 Å². The molecule has 0 atom stereocenters.